The molecule has 0 aliphatic carbocycles. The fourth-order valence-corrected chi connectivity index (χ4v) is 1.72. The van der Waals surface area contributed by atoms with Gasteiger partial charge in [0.15, 0.2) is 0 Å². The van der Waals surface area contributed by atoms with E-state index < -0.39 is 0 Å². The lowest BCUT2D eigenvalue weighted by molar-refractivity contribution is 0.628. The number of halogens is 2. The second kappa shape index (κ2) is 5.27. The van der Waals surface area contributed by atoms with Crippen LogP contribution >= 0.6 is 15.9 Å². The van der Waals surface area contributed by atoms with Crippen LogP contribution in [0.1, 0.15) is 11.3 Å². The molecule has 0 saturated heterocycles. The Balaban J connectivity index is 2.07. The van der Waals surface area contributed by atoms with E-state index in [4.69, 9.17) is 0 Å². The molecule has 0 aliphatic rings. The standard InChI is InChI=1S/C13H12BrFN2/c1-9-2-4-11(15)6-13(9)17-8-12-5-3-10(14)7-16-12/h2-7,17H,8H2,1H3. The minimum Gasteiger partial charge on any atom is -0.379 e. The number of nitrogens with zero attached hydrogens (tertiary/aromatic N) is 1. The Morgan fingerprint density at radius 1 is 1.29 bits per heavy atom. The number of aryl methyl sites for hydroxylation is 1. The zero-order valence-electron chi connectivity index (χ0n) is 9.37. The van der Waals surface area contributed by atoms with Gasteiger partial charge < -0.3 is 5.32 Å². The lowest BCUT2D eigenvalue weighted by Gasteiger charge is -2.09. The van der Waals surface area contributed by atoms with Crippen LogP contribution in [0.4, 0.5) is 10.1 Å². The van der Waals surface area contributed by atoms with Crippen LogP contribution in [-0.2, 0) is 6.54 Å². The lowest BCUT2D eigenvalue weighted by atomic mass is 10.2. The highest BCUT2D eigenvalue weighted by molar-refractivity contribution is 9.10. The summed E-state index contributed by atoms with van der Waals surface area (Å²) in [6, 6.07) is 8.56. The highest BCUT2D eigenvalue weighted by atomic mass is 79.9. The fraction of sp³-hybridized carbons (Fsp3) is 0.154. The molecule has 1 aromatic heterocycles. The van der Waals surface area contributed by atoms with Crippen molar-refractivity contribution in [2.24, 2.45) is 0 Å². The third-order valence-corrected chi connectivity index (χ3v) is 2.92. The van der Waals surface area contributed by atoms with Gasteiger partial charge in [-0.2, -0.15) is 0 Å². The summed E-state index contributed by atoms with van der Waals surface area (Å²) in [4.78, 5) is 4.24. The van der Waals surface area contributed by atoms with Crippen LogP contribution in [0, 0.1) is 12.7 Å². The van der Waals surface area contributed by atoms with E-state index in [1.165, 1.54) is 12.1 Å². The smallest absolute Gasteiger partial charge is 0.125 e. The number of aromatic nitrogens is 1. The van der Waals surface area contributed by atoms with Crippen LogP contribution in [0.3, 0.4) is 0 Å². The number of nitrogens with one attached hydrogen (secondary N) is 1. The van der Waals surface area contributed by atoms with Crippen molar-refractivity contribution >= 4 is 21.6 Å². The van der Waals surface area contributed by atoms with Crippen LogP contribution in [0.15, 0.2) is 41.0 Å². The number of hydrogen-bond donors (Lipinski definition) is 1. The number of pyridine rings is 1. The van der Waals surface area contributed by atoms with Crippen LogP contribution in [0.5, 0.6) is 0 Å². The predicted octanol–water partition coefficient (Wildman–Crippen LogP) is 3.90. The summed E-state index contributed by atoms with van der Waals surface area (Å²) in [5.74, 6) is -0.234. The first-order valence-corrected chi connectivity index (χ1v) is 6.05. The first-order chi connectivity index (χ1) is 8.15. The van der Waals surface area contributed by atoms with Crippen molar-refractivity contribution in [1.29, 1.82) is 0 Å². The predicted molar refractivity (Wildman–Crippen MR) is 70.4 cm³/mol. The number of benzene rings is 1. The summed E-state index contributed by atoms with van der Waals surface area (Å²) in [6.45, 7) is 2.52. The van der Waals surface area contributed by atoms with Crippen LogP contribution in [0.2, 0.25) is 0 Å². The van der Waals surface area contributed by atoms with Gasteiger partial charge in [-0.1, -0.05) is 6.07 Å². The van der Waals surface area contributed by atoms with Gasteiger partial charge in [-0.25, -0.2) is 4.39 Å². The van der Waals surface area contributed by atoms with Crippen LogP contribution < -0.4 is 5.32 Å². The molecule has 0 aliphatic heterocycles. The first-order valence-electron chi connectivity index (χ1n) is 5.25. The van der Waals surface area contributed by atoms with Gasteiger partial charge in [0.05, 0.1) is 12.2 Å². The molecule has 0 atom stereocenters. The van der Waals surface area contributed by atoms with Gasteiger partial charge in [0.1, 0.15) is 5.82 Å². The monoisotopic (exact) mass is 294 g/mol. The Morgan fingerprint density at radius 3 is 2.82 bits per heavy atom. The maximum atomic E-state index is 13.1. The minimum atomic E-state index is -0.234. The van der Waals surface area contributed by atoms with E-state index in [1.54, 1.807) is 12.3 Å². The summed E-state index contributed by atoms with van der Waals surface area (Å²) in [6.07, 6.45) is 1.75. The lowest BCUT2D eigenvalue weighted by Crippen LogP contribution is -2.03. The normalized spacial score (nSPS) is 10.3. The maximum Gasteiger partial charge on any atom is 0.125 e. The quantitative estimate of drug-likeness (QED) is 0.928. The van der Waals surface area contributed by atoms with Crippen molar-refractivity contribution < 1.29 is 4.39 Å². The molecular weight excluding hydrogens is 283 g/mol. The van der Waals surface area contributed by atoms with E-state index in [1.807, 2.05) is 19.1 Å². The molecule has 0 radical (unpaired) electrons. The largest absolute Gasteiger partial charge is 0.379 e. The summed E-state index contributed by atoms with van der Waals surface area (Å²) in [5.41, 5.74) is 2.73. The van der Waals surface area contributed by atoms with E-state index >= 15 is 0 Å². The summed E-state index contributed by atoms with van der Waals surface area (Å²) in [7, 11) is 0. The first kappa shape index (κ1) is 12.0. The molecule has 88 valence electrons. The highest BCUT2D eigenvalue weighted by Gasteiger charge is 2.00. The van der Waals surface area contributed by atoms with Crippen molar-refractivity contribution in [3.63, 3.8) is 0 Å². The number of rotatable bonds is 3. The molecule has 4 heteroatoms. The minimum absolute atomic E-state index is 0.234. The molecule has 0 saturated carbocycles. The third kappa shape index (κ3) is 3.27. The highest BCUT2D eigenvalue weighted by Crippen LogP contribution is 2.17. The zero-order valence-corrected chi connectivity index (χ0v) is 11.0. The Morgan fingerprint density at radius 2 is 2.12 bits per heavy atom. The Bertz CT molecular complexity index is 511. The van der Waals surface area contributed by atoms with E-state index in [2.05, 4.69) is 26.2 Å². The molecule has 1 aromatic carbocycles. The summed E-state index contributed by atoms with van der Waals surface area (Å²) < 4.78 is 14.0. The molecule has 2 nitrogen and oxygen atoms in total. The molecule has 2 aromatic rings. The average Bonchev–Trinajstić information content (AvgIpc) is 2.32. The Labute approximate surface area is 108 Å². The molecule has 17 heavy (non-hydrogen) atoms. The van der Waals surface area contributed by atoms with Gasteiger partial charge >= 0.3 is 0 Å². The van der Waals surface area contributed by atoms with Gasteiger partial charge in [0, 0.05) is 16.4 Å². The van der Waals surface area contributed by atoms with Gasteiger partial charge in [0.2, 0.25) is 0 Å². The average molecular weight is 295 g/mol. The summed E-state index contributed by atoms with van der Waals surface area (Å²) >= 11 is 3.33. The van der Waals surface area contributed by atoms with E-state index in [0.29, 0.717) is 6.54 Å². The molecule has 1 heterocycles. The molecule has 1 N–H and O–H groups in total. The second-order valence-corrected chi connectivity index (χ2v) is 4.70. The van der Waals surface area contributed by atoms with Crippen molar-refractivity contribution in [3.05, 3.63) is 58.1 Å². The zero-order chi connectivity index (χ0) is 12.3. The van der Waals surface area contributed by atoms with Crippen LogP contribution in [-0.4, -0.2) is 4.98 Å². The van der Waals surface area contributed by atoms with E-state index in [0.717, 1.165) is 21.4 Å². The second-order valence-electron chi connectivity index (χ2n) is 3.78. The van der Waals surface area contributed by atoms with Gasteiger partial charge in [-0.05, 0) is 52.7 Å². The van der Waals surface area contributed by atoms with E-state index in [-0.39, 0.29) is 5.82 Å². The van der Waals surface area contributed by atoms with Crippen molar-refractivity contribution in [2.75, 3.05) is 5.32 Å². The third-order valence-electron chi connectivity index (χ3n) is 2.45. The van der Waals surface area contributed by atoms with Crippen molar-refractivity contribution in [3.8, 4) is 0 Å². The molecule has 0 fully saturated rings. The van der Waals surface area contributed by atoms with E-state index in [9.17, 15) is 4.39 Å². The van der Waals surface area contributed by atoms with Gasteiger partial charge in [-0.15, -0.1) is 0 Å². The molecular formula is C13H12BrFN2. The van der Waals surface area contributed by atoms with Crippen LogP contribution in [0.25, 0.3) is 0 Å². The summed E-state index contributed by atoms with van der Waals surface area (Å²) in [5, 5.41) is 3.17. The fourth-order valence-electron chi connectivity index (χ4n) is 1.48. The Kier molecular flexibility index (Phi) is 3.74. The number of anilines is 1. The Hall–Kier alpha value is -1.42. The molecule has 0 spiro atoms. The van der Waals surface area contributed by atoms with Gasteiger partial charge in [-0.3, -0.25) is 4.98 Å². The van der Waals surface area contributed by atoms with Crippen molar-refractivity contribution in [2.45, 2.75) is 13.5 Å². The number of hydrogen-bond acceptors (Lipinski definition) is 2. The van der Waals surface area contributed by atoms with Crippen molar-refractivity contribution in [1.82, 2.24) is 4.98 Å². The topological polar surface area (TPSA) is 24.9 Å². The maximum absolute atomic E-state index is 13.1. The molecule has 0 amide bonds. The SMILES string of the molecule is Cc1ccc(F)cc1NCc1ccc(Br)cn1. The molecule has 2 rings (SSSR count). The molecule has 0 bridgehead atoms. The molecule has 0 unspecified atom stereocenters. The van der Waals surface area contributed by atoms with Gasteiger partial charge in [0.25, 0.3) is 0 Å².